The summed E-state index contributed by atoms with van der Waals surface area (Å²) >= 11 is 0. The molecule has 2 aromatic carbocycles. The summed E-state index contributed by atoms with van der Waals surface area (Å²) in [6.45, 7) is 4.46. The Morgan fingerprint density at radius 1 is 1.12 bits per heavy atom. The van der Waals surface area contributed by atoms with Gasteiger partial charge < -0.3 is 14.5 Å². The van der Waals surface area contributed by atoms with E-state index in [2.05, 4.69) is 10.2 Å². The van der Waals surface area contributed by atoms with Crippen LogP contribution < -0.4 is 15.5 Å². The highest BCUT2D eigenvalue weighted by molar-refractivity contribution is 5.93. The average Bonchev–Trinajstić information content (AvgIpc) is 3.34. The Hall–Kier alpha value is -2.83. The minimum atomic E-state index is -0.378. The summed E-state index contributed by atoms with van der Waals surface area (Å²) < 4.78 is 11.0. The summed E-state index contributed by atoms with van der Waals surface area (Å²) in [6.07, 6.45) is 3.14. The van der Waals surface area contributed by atoms with Crippen LogP contribution in [0.5, 0.6) is 5.75 Å². The van der Waals surface area contributed by atoms with Crippen LogP contribution in [0.25, 0.3) is 11.0 Å². The van der Waals surface area contributed by atoms with Gasteiger partial charge in [0.15, 0.2) is 11.2 Å². The normalized spacial score (nSPS) is 14.7. The standard InChI is InChI=1S/C25H28N2O4.ClH/c1-3-17-6-11-23-20(14-17)22(28)15-24(31-23)25(29)26-16-21(27-12-4-5-13-27)18-7-9-19(30-2)10-8-18;/h6-11,14-15,21H,3-5,12-13,16H2,1-2H3,(H,26,29);1H. The van der Waals surface area contributed by atoms with Crippen LogP contribution in [0.1, 0.15) is 47.5 Å². The zero-order valence-corrected chi connectivity index (χ0v) is 19.2. The van der Waals surface area contributed by atoms with Crippen LogP contribution in [0, 0.1) is 0 Å². The second-order valence-corrected chi connectivity index (χ2v) is 7.90. The first kappa shape index (κ1) is 23.8. The number of likely N-dealkylation sites (tertiary alicyclic amines) is 1. The molecule has 0 radical (unpaired) electrons. The Kier molecular flexibility index (Phi) is 7.94. The fourth-order valence-electron chi connectivity index (χ4n) is 4.15. The van der Waals surface area contributed by atoms with Gasteiger partial charge in [0, 0.05) is 12.6 Å². The summed E-state index contributed by atoms with van der Waals surface area (Å²) in [6, 6.07) is 14.8. The van der Waals surface area contributed by atoms with Crippen molar-refractivity contribution in [2.24, 2.45) is 0 Å². The van der Waals surface area contributed by atoms with Crippen molar-refractivity contribution in [2.75, 3.05) is 26.7 Å². The van der Waals surface area contributed by atoms with Gasteiger partial charge in [0.1, 0.15) is 11.3 Å². The number of carbonyl (C=O) groups is 1. The first-order valence-electron chi connectivity index (χ1n) is 10.8. The molecule has 6 nitrogen and oxygen atoms in total. The van der Waals surface area contributed by atoms with Crippen LogP contribution in [-0.2, 0) is 6.42 Å². The lowest BCUT2D eigenvalue weighted by molar-refractivity contribution is 0.0910. The van der Waals surface area contributed by atoms with Gasteiger partial charge in [-0.05, 0) is 67.7 Å². The molecule has 1 atom stereocenters. The van der Waals surface area contributed by atoms with Gasteiger partial charge in [0.05, 0.1) is 18.5 Å². The maximum atomic E-state index is 12.8. The summed E-state index contributed by atoms with van der Waals surface area (Å²) in [7, 11) is 1.65. The number of fused-ring (bicyclic) bond motifs is 1. The van der Waals surface area contributed by atoms with E-state index in [9.17, 15) is 9.59 Å². The SMILES string of the molecule is CCc1ccc2oc(C(=O)NCC(c3ccc(OC)cc3)N3CCCC3)cc(=O)c2c1.Cl. The molecule has 1 aromatic heterocycles. The highest BCUT2D eigenvalue weighted by atomic mass is 35.5. The van der Waals surface area contributed by atoms with Crippen molar-refractivity contribution in [2.45, 2.75) is 32.2 Å². The quantitative estimate of drug-likeness (QED) is 0.572. The third-order valence-electron chi connectivity index (χ3n) is 5.96. The molecule has 1 fully saturated rings. The van der Waals surface area contributed by atoms with Gasteiger partial charge >= 0.3 is 0 Å². The molecule has 170 valence electrons. The molecule has 4 rings (SSSR count). The number of rotatable bonds is 7. The number of carbonyl (C=O) groups excluding carboxylic acids is 1. The molecule has 0 aliphatic carbocycles. The number of nitrogens with one attached hydrogen (secondary N) is 1. The van der Waals surface area contributed by atoms with E-state index in [1.165, 1.54) is 6.07 Å². The Labute approximate surface area is 194 Å². The van der Waals surface area contributed by atoms with Gasteiger partial charge in [0.2, 0.25) is 0 Å². The highest BCUT2D eigenvalue weighted by Crippen LogP contribution is 2.26. The van der Waals surface area contributed by atoms with Gasteiger partial charge in [-0.15, -0.1) is 12.4 Å². The molecule has 3 aromatic rings. The van der Waals surface area contributed by atoms with Gasteiger partial charge in [-0.1, -0.05) is 25.1 Å². The topological polar surface area (TPSA) is 71.8 Å². The zero-order valence-electron chi connectivity index (χ0n) is 18.4. The number of aryl methyl sites for hydroxylation is 1. The summed E-state index contributed by atoms with van der Waals surface area (Å²) in [5.41, 5.74) is 2.41. The molecular weight excluding hydrogens is 428 g/mol. The van der Waals surface area contributed by atoms with Gasteiger partial charge in [-0.2, -0.15) is 0 Å². The lowest BCUT2D eigenvalue weighted by Crippen LogP contribution is -2.37. The number of benzene rings is 2. The molecule has 2 heterocycles. The van der Waals surface area contributed by atoms with Crippen LogP contribution in [0.15, 0.2) is 57.7 Å². The molecule has 1 amide bonds. The molecule has 1 N–H and O–H groups in total. The summed E-state index contributed by atoms with van der Waals surface area (Å²) in [5, 5.41) is 3.48. The van der Waals surface area contributed by atoms with Crippen LogP contribution in [-0.4, -0.2) is 37.6 Å². The molecule has 1 unspecified atom stereocenters. The maximum absolute atomic E-state index is 12.8. The largest absolute Gasteiger partial charge is 0.497 e. The fourth-order valence-corrected chi connectivity index (χ4v) is 4.15. The van der Waals surface area contributed by atoms with E-state index < -0.39 is 0 Å². The molecule has 1 aliphatic rings. The Morgan fingerprint density at radius 2 is 1.84 bits per heavy atom. The Bertz CT molecular complexity index is 1120. The summed E-state index contributed by atoms with van der Waals surface area (Å²) in [5.74, 6) is 0.463. The molecule has 0 spiro atoms. The van der Waals surface area contributed by atoms with E-state index in [4.69, 9.17) is 9.15 Å². The first-order valence-corrected chi connectivity index (χ1v) is 10.8. The van der Waals surface area contributed by atoms with Crippen molar-refractivity contribution in [3.63, 3.8) is 0 Å². The van der Waals surface area contributed by atoms with Crippen molar-refractivity contribution in [3.8, 4) is 5.75 Å². The van der Waals surface area contributed by atoms with Crippen molar-refractivity contribution in [1.82, 2.24) is 10.2 Å². The minimum Gasteiger partial charge on any atom is -0.497 e. The number of nitrogens with zero attached hydrogens (tertiary/aromatic N) is 1. The number of halogens is 1. The number of amides is 1. The molecule has 0 saturated carbocycles. The number of methoxy groups -OCH3 is 1. The molecule has 32 heavy (non-hydrogen) atoms. The molecular formula is C25H29ClN2O4. The summed E-state index contributed by atoms with van der Waals surface area (Å²) in [4.78, 5) is 27.8. The molecule has 1 saturated heterocycles. The lowest BCUT2D eigenvalue weighted by atomic mass is 10.1. The van der Waals surface area contributed by atoms with E-state index >= 15 is 0 Å². The van der Waals surface area contributed by atoms with Crippen molar-refractivity contribution in [1.29, 1.82) is 0 Å². The van der Waals surface area contributed by atoms with E-state index in [1.807, 2.05) is 43.3 Å². The van der Waals surface area contributed by atoms with Crippen molar-refractivity contribution < 1.29 is 13.9 Å². The maximum Gasteiger partial charge on any atom is 0.287 e. The van der Waals surface area contributed by atoms with Crippen LogP contribution in [0.4, 0.5) is 0 Å². The predicted molar refractivity (Wildman–Crippen MR) is 128 cm³/mol. The van der Waals surface area contributed by atoms with E-state index in [0.29, 0.717) is 17.5 Å². The minimum absolute atomic E-state index is 0. The predicted octanol–water partition coefficient (Wildman–Crippen LogP) is 4.35. The van der Waals surface area contributed by atoms with Crippen molar-refractivity contribution in [3.05, 3.63) is 75.6 Å². The number of hydrogen-bond donors (Lipinski definition) is 1. The zero-order chi connectivity index (χ0) is 21.8. The van der Waals surface area contributed by atoms with Crippen LogP contribution in [0.2, 0.25) is 0 Å². The Balaban J connectivity index is 0.00000289. The molecule has 7 heteroatoms. The number of ether oxygens (including phenoxy) is 1. The van der Waals surface area contributed by atoms with E-state index in [0.717, 1.165) is 49.2 Å². The first-order chi connectivity index (χ1) is 15.1. The second kappa shape index (κ2) is 10.7. The average molecular weight is 457 g/mol. The van der Waals surface area contributed by atoms with E-state index in [1.54, 1.807) is 13.2 Å². The van der Waals surface area contributed by atoms with Gasteiger partial charge in [0.25, 0.3) is 5.91 Å². The molecule has 0 bridgehead atoms. The fraction of sp³-hybridized carbons (Fsp3) is 0.360. The van der Waals surface area contributed by atoms with E-state index in [-0.39, 0.29) is 35.5 Å². The monoisotopic (exact) mass is 456 g/mol. The van der Waals surface area contributed by atoms with Gasteiger partial charge in [-0.25, -0.2) is 0 Å². The lowest BCUT2D eigenvalue weighted by Gasteiger charge is -2.28. The van der Waals surface area contributed by atoms with Crippen LogP contribution >= 0.6 is 12.4 Å². The number of hydrogen-bond acceptors (Lipinski definition) is 5. The van der Waals surface area contributed by atoms with Gasteiger partial charge in [-0.3, -0.25) is 14.5 Å². The Morgan fingerprint density at radius 3 is 2.50 bits per heavy atom. The van der Waals surface area contributed by atoms with Crippen molar-refractivity contribution >= 4 is 29.3 Å². The highest BCUT2D eigenvalue weighted by Gasteiger charge is 2.24. The smallest absolute Gasteiger partial charge is 0.287 e. The third kappa shape index (κ3) is 5.14. The van der Waals surface area contributed by atoms with Crippen LogP contribution in [0.3, 0.4) is 0 Å². The third-order valence-corrected chi connectivity index (χ3v) is 5.96. The molecule has 1 aliphatic heterocycles. The second-order valence-electron chi connectivity index (χ2n) is 7.90.